The molecular formula is C21H32N2O3S. The molecule has 0 unspecified atom stereocenters. The summed E-state index contributed by atoms with van der Waals surface area (Å²) < 4.78 is 24.2. The van der Waals surface area contributed by atoms with E-state index in [1.54, 1.807) is 6.20 Å². The number of hydrogen-bond donors (Lipinski definition) is 1. The molecule has 0 aromatic carbocycles. The number of nitrogens with zero attached hydrogens (tertiary/aromatic N) is 1. The van der Waals surface area contributed by atoms with Gasteiger partial charge in [0.15, 0.2) is 9.84 Å². The van der Waals surface area contributed by atoms with Crippen molar-refractivity contribution in [3.8, 4) is 0 Å². The smallest absolute Gasteiger partial charge is 0.253 e. The molecule has 0 aliphatic heterocycles. The SMILES string of the molecule is CCCS(=O)(=O)CC1CC(CNC(=O)c2cnc(C)cc2C)(CC2CC2)C1. The molecule has 2 fully saturated rings. The van der Waals surface area contributed by atoms with Gasteiger partial charge in [-0.2, -0.15) is 0 Å². The highest BCUT2D eigenvalue weighted by molar-refractivity contribution is 7.91. The molecule has 1 heterocycles. The van der Waals surface area contributed by atoms with E-state index in [9.17, 15) is 13.2 Å². The molecule has 2 aliphatic rings. The standard InChI is InChI=1S/C21H32N2O3S/c1-4-7-27(25,26)13-18-10-21(11-18,9-17-5-6-17)14-23-20(24)19-12-22-16(3)8-15(19)2/h8,12,17-18H,4-7,9-11,13-14H2,1-3H3,(H,23,24). The molecule has 3 rings (SSSR count). The number of rotatable bonds is 9. The van der Waals surface area contributed by atoms with Crippen LogP contribution >= 0.6 is 0 Å². The van der Waals surface area contributed by atoms with Crippen LogP contribution in [-0.2, 0) is 9.84 Å². The molecule has 0 radical (unpaired) electrons. The minimum absolute atomic E-state index is 0.0720. The molecule has 1 amide bonds. The monoisotopic (exact) mass is 392 g/mol. The Bertz CT molecular complexity index is 794. The first-order chi connectivity index (χ1) is 12.7. The average molecular weight is 393 g/mol. The first-order valence-electron chi connectivity index (χ1n) is 10.1. The molecular weight excluding hydrogens is 360 g/mol. The predicted octanol–water partition coefficient (Wildman–Crippen LogP) is 3.45. The molecule has 2 saturated carbocycles. The maximum atomic E-state index is 12.6. The van der Waals surface area contributed by atoms with Gasteiger partial charge in [-0.3, -0.25) is 9.78 Å². The van der Waals surface area contributed by atoms with Crippen molar-refractivity contribution in [2.24, 2.45) is 17.3 Å². The highest BCUT2D eigenvalue weighted by Crippen LogP contribution is 2.53. The quantitative estimate of drug-likeness (QED) is 0.698. The summed E-state index contributed by atoms with van der Waals surface area (Å²) >= 11 is 0. The summed E-state index contributed by atoms with van der Waals surface area (Å²) in [6, 6.07) is 1.92. The van der Waals surface area contributed by atoms with Gasteiger partial charge in [-0.05, 0) is 68.4 Å². The number of amides is 1. The number of carbonyl (C=O) groups excluding carboxylic acids is 1. The third kappa shape index (κ3) is 5.31. The summed E-state index contributed by atoms with van der Waals surface area (Å²) in [6.45, 7) is 6.40. The molecule has 27 heavy (non-hydrogen) atoms. The van der Waals surface area contributed by atoms with Crippen molar-refractivity contribution in [2.45, 2.75) is 59.3 Å². The number of hydrogen-bond acceptors (Lipinski definition) is 4. The highest BCUT2D eigenvalue weighted by atomic mass is 32.2. The van der Waals surface area contributed by atoms with E-state index in [2.05, 4.69) is 10.3 Å². The summed E-state index contributed by atoms with van der Waals surface area (Å²) in [6.07, 6.45) is 7.82. The molecule has 0 saturated heterocycles. The first-order valence-corrected chi connectivity index (χ1v) is 12.0. The molecule has 0 spiro atoms. The van der Waals surface area contributed by atoms with Crippen LogP contribution in [0, 0.1) is 31.1 Å². The average Bonchev–Trinajstić information content (AvgIpc) is 3.34. The van der Waals surface area contributed by atoms with E-state index in [4.69, 9.17) is 0 Å². The topological polar surface area (TPSA) is 76.1 Å². The molecule has 0 atom stereocenters. The second kappa shape index (κ2) is 7.90. The zero-order valence-electron chi connectivity index (χ0n) is 16.8. The lowest BCUT2D eigenvalue weighted by Crippen LogP contribution is -2.48. The number of aromatic nitrogens is 1. The lowest BCUT2D eigenvalue weighted by molar-refractivity contribution is 0.0475. The summed E-state index contributed by atoms with van der Waals surface area (Å²) in [5.74, 6) is 1.53. The van der Waals surface area contributed by atoms with Crippen LogP contribution in [0.4, 0.5) is 0 Å². The van der Waals surface area contributed by atoms with Gasteiger partial charge >= 0.3 is 0 Å². The van der Waals surface area contributed by atoms with Crippen LogP contribution in [0.3, 0.4) is 0 Å². The van der Waals surface area contributed by atoms with Crippen molar-refractivity contribution in [3.05, 3.63) is 29.1 Å². The fourth-order valence-corrected chi connectivity index (χ4v) is 6.39. The van der Waals surface area contributed by atoms with Crippen LogP contribution in [0.25, 0.3) is 0 Å². The number of nitrogens with one attached hydrogen (secondary N) is 1. The predicted molar refractivity (Wildman–Crippen MR) is 107 cm³/mol. The zero-order chi connectivity index (χ0) is 19.7. The Hall–Kier alpha value is -1.43. The van der Waals surface area contributed by atoms with E-state index in [-0.39, 0.29) is 23.0 Å². The van der Waals surface area contributed by atoms with Gasteiger partial charge in [-0.1, -0.05) is 19.8 Å². The van der Waals surface area contributed by atoms with Crippen molar-refractivity contribution in [2.75, 3.05) is 18.1 Å². The number of aryl methyl sites for hydroxylation is 2. The van der Waals surface area contributed by atoms with Gasteiger partial charge in [-0.15, -0.1) is 0 Å². The lowest BCUT2D eigenvalue weighted by atomic mass is 9.60. The molecule has 150 valence electrons. The van der Waals surface area contributed by atoms with E-state index in [1.165, 1.54) is 12.8 Å². The number of pyridine rings is 1. The Morgan fingerprint density at radius 1 is 1.26 bits per heavy atom. The van der Waals surface area contributed by atoms with E-state index in [1.807, 2.05) is 26.8 Å². The Kier molecular flexibility index (Phi) is 5.94. The van der Waals surface area contributed by atoms with E-state index in [0.717, 1.165) is 36.4 Å². The third-order valence-electron chi connectivity index (χ3n) is 5.98. The van der Waals surface area contributed by atoms with Crippen molar-refractivity contribution in [1.82, 2.24) is 10.3 Å². The van der Waals surface area contributed by atoms with Crippen LogP contribution < -0.4 is 5.32 Å². The van der Waals surface area contributed by atoms with E-state index < -0.39 is 9.84 Å². The Morgan fingerprint density at radius 3 is 2.56 bits per heavy atom. The normalized spacial score (nSPS) is 25.1. The molecule has 5 nitrogen and oxygen atoms in total. The van der Waals surface area contributed by atoms with Crippen LogP contribution in [0.2, 0.25) is 0 Å². The van der Waals surface area contributed by atoms with Gasteiger partial charge in [0.1, 0.15) is 0 Å². The van der Waals surface area contributed by atoms with Gasteiger partial charge in [0.25, 0.3) is 5.91 Å². The van der Waals surface area contributed by atoms with Crippen molar-refractivity contribution >= 4 is 15.7 Å². The molecule has 1 aromatic heterocycles. The third-order valence-corrected chi connectivity index (χ3v) is 7.99. The summed E-state index contributed by atoms with van der Waals surface area (Å²) in [4.78, 5) is 16.9. The second-order valence-electron chi connectivity index (χ2n) is 8.86. The van der Waals surface area contributed by atoms with Crippen LogP contribution in [-0.4, -0.2) is 37.4 Å². The van der Waals surface area contributed by atoms with Gasteiger partial charge in [0, 0.05) is 24.2 Å². The Morgan fingerprint density at radius 2 is 1.96 bits per heavy atom. The summed E-state index contributed by atoms with van der Waals surface area (Å²) in [5, 5.41) is 3.12. The minimum atomic E-state index is -2.93. The molecule has 2 aliphatic carbocycles. The second-order valence-corrected chi connectivity index (χ2v) is 11.1. The lowest BCUT2D eigenvalue weighted by Gasteiger charge is -2.48. The minimum Gasteiger partial charge on any atom is -0.351 e. The zero-order valence-corrected chi connectivity index (χ0v) is 17.6. The summed E-state index contributed by atoms with van der Waals surface area (Å²) in [5.41, 5.74) is 2.55. The van der Waals surface area contributed by atoms with Crippen LogP contribution in [0.15, 0.2) is 12.3 Å². The van der Waals surface area contributed by atoms with E-state index >= 15 is 0 Å². The molecule has 0 bridgehead atoms. The largest absolute Gasteiger partial charge is 0.351 e. The fourth-order valence-electron chi connectivity index (χ4n) is 4.65. The summed E-state index contributed by atoms with van der Waals surface area (Å²) in [7, 11) is -2.93. The maximum absolute atomic E-state index is 12.6. The van der Waals surface area contributed by atoms with Crippen molar-refractivity contribution in [3.63, 3.8) is 0 Å². The molecule has 1 N–H and O–H groups in total. The van der Waals surface area contributed by atoms with Crippen molar-refractivity contribution < 1.29 is 13.2 Å². The van der Waals surface area contributed by atoms with Gasteiger partial charge in [0.2, 0.25) is 0 Å². The number of sulfone groups is 1. The first kappa shape index (κ1) is 20.3. The Labute approximate surface area is 163 Å². The van der Waals surface area contributed by atoms with Crippen LogP contribution in [0.1, 0.15) is 67.1 Å². The van der Waals surface area contributed by atoms with Crippen LogP contribution in [0.5, 0.6) is 0 Å². The number of carbonyl (C=O) groups is 1. The fraction of sp³-hybridized carbons (Fsp3) is 0.714. The van der Waals surface area contributed by atoms with Crippen molar-refractivity contribution in [1.29, 1.82) is 0 Å². The molecule has 6 heteroatoms. The van der Waals surface area contributed by atoms with Gasteiger partial charge in [-0.25, -0.2) is 8.42 Å². The van der Waals surface area contributed by atoms with E-state index in [0.29, 0.717) is 24.3 Å². The maximum Gasteiger partial charge on any atom is 0.253 e. The van der Waals surface area contributed by atoms with Gasteiger partial charge in [0.05, 0.1) is 11.3 Å². The highest BCUT2D eigenvalue weighted by Gasteiger charge is 2.48. The Balaban J connectivity index is 1.59. The van der Waals surface area contributed by atoms with Gasteiger partial charge < -0.3 is 5.32 Å². The molecule has 1 aromatic rings.